The second-order valence-corrected chi connectivity index (χ2v) is 4.43. The van der Waals surface area contributed by atoms with Crippen LogP contribution >= 0.6 is 0 Å². The van der Waals surface area contributed by atoms with Crippen LogP contribution in [0.25, 0.3) is 0 Å². The number of amides is 1. The van der Waals surface area contributed by atoms with Gasteiger partial charge in [0.25, 0.3) is 11.6 Å². The van der Waals surface area contributed by atoms with Gasteiger partial charge in [-0.1, -0.05) is 0 Å². The number of nitrogens with zero attached hydrogens (tertiary/aromatic N) is 1. The van der Waals surface area contributed by atoms with E-state index in [1.165, 1.54) is 7.11 Å². The molecule has 8 heteroatoms. The van der Waals surface area contributed by atoms with E-state index in [-0.39, 0.29) is 17.7 Å². The molecular formula is C12H14FN3O4. The van der Waals surface area contributed by atoms with Crippen molar-refractivity contribution in [1.29, 1.82) is 0 Å². The number of hydrogen-bond donors (Lipinski definition) is 2. The molecule has 1 aromatic rings. The standard InChI is InChI=1S/C12H14FN3O4/c1-20-11-6-14-5-9(11)15-12(17)8-4-7(13)2-3-10(8)16(18)19/h2-4,9,11,14H,5-6H2,1H3,(H,15,17)/t9?,11-/m0/s1. The third-order valence-electron chi connectivity index (χ3n) is 3.18. The first-order chi connectivity index (χ1) is 9.52. The van der Waals surface area contributed by atoms with Gasteiger partial charge in [0.05, 0.1) is 17.1 Å². The Bertz CT molecular complexity index is 537. The predicted molar refractivity (Wildman–Crippen MR) is 68.0 cm³/mol. The molecule has 0 bridgehead atoms. The van der Waals surface area contributed by atoms with Crippen molar-refractivity contribution in [3.05, 3.63) is 39.7 Å². The summed E-state index contributed by atoms with van der Waals surface area (Å²) in [5, 5.41) is 16.5. The fraction of sp³-hybridized carbons (Fsp3) is 0.417. The topological polar surface area (TPSA) is 93.5 Å². The Hall–Kier alpha value is -2.06. The Morgan fingerprint density at radius 2 is 2.30 bits per heavy atom. The molecule has 1 saturated heterocycles. The predicted octanol–water partition coefficient (Wildman–Crippen LogP) is 0.450. The maximum Gasteiger partial charge on any atom is 0.282 e. The van der Waals surface area contributed by atoms with Crippen LogP contribution < -0.4 is 10.6 Å². The van der Waals surface area contributed by atoms with Crippen LogP contribution in [-0.4, -0.2) is 43.2 Å². The fourth-order valence-electron chi connectivity index (χ4n) is 2.14. The van der Waals surface area contributed by atoms with Gasteiger partial charge in [-0.2, -0.15) is 0 Å². The van der Waals surface area contributed by atoms with Gasteiger partial charge in [-0.3, -0.25) is 14.9 Å². The molecule has 108 valence electrons. The summed E-state index contributed by atoms with van der Waals surface area (Å²) < 4.78 is 18.4. The van der Waals surface area contributed by atoms with E-state index >= 15 is 0 Å². The Kier molecular flexibility index (Phi) is 4.26. The largest absolute Gasteiger partial charge is 0.378 e. The number of halogens is 1. The molecule has 7 nitrogen and oxygen atoms in total. The van der Waals surface area contributed by atoms with Gasteiger partial charge < -0.3 is 15.4 Å². The average Bonchev–Trinajstić information content (AvgIpc) is 2.85. The lowest BCUT2D eigenvalue weighted by Crippen LogP contribution is -2.43. The molecule has 0 aliphatic carbocycles. The lowest BCUT2D eigenvalue weighted by Gasteiger charge is -2.18. The van der Waals surface area contributed by atoms with Crippen LogP contribution in [-0.2, 0) is 4.74 Å². The summed E-state index contributed by atoms with van der Waals surface area (Å²) >= 11 is 0. The molecule has 1 heterocycles. The molecule has 0 aromatic heterocycles. The Balaban J connectivity index is 2.20. The van der Waals surface area contributed by atoms with Crippen LogP contribution in [0.15, 0.2) is 18.2 Å². The SMILES string of the molecule is CO[C@H]1CNCC1NC(=O)c1cc(F)ccc1[N+](=O)[O-]. The zero-order valence-corrected chi connectivity index (χ0v) is 10.8. The van der Waals surface area contributed by atoms with E-state index in [0.29, 0.717) is 13.1 Å². The van der Waals surface area contributed by atoms with Gasteiger partial charge in [-0.05, 0) is 12.1 Å². The van der Waals surface area contributed by atoms with Crippen molar-refractivity contribution in [3.8, 4) is 0 Å². The summed E-state index contributed by atoms with van der Waals surface area (Å²) in [5.74, 6) is -1.39. The molecular weight excluding hydrogens is 269 g/mol. The molecule has 1 unspecified atom stereocenters. The van der Waals surface area contributed by atoms with Crippen LogP contribution in [0.1, 0.15) is 10.4 Å². The number of hydrogen-bond acceptors (Lipinski definition) is 5. The summed E-state index contributed by atoms with van der Waals surface area (Å²) in [4.78, 5) is 22.2. The van der Waals surface area contributed by atoms with Gasteiger partial charge in [0.15, 0.2) is 0 Å². The summed E-state index contributed by atoms with van der Waals surface area (Å²) in [6, 6.07) is 2.47. The van der Waals surface area contributed by atoms with Gasteiger partial charge in [-0.15, -0.1) is 0 Å². The number of carbonyl (C=O) groups is 1. The number of benzene rings is 1. The van der Waals surface area contributed by atoms with Gasteiger partial charge >= 0.3 is 0 Å². The van der Waals surface area contributed by atoms with Crippen LogP contribution in [0.4, 0.5) is 10.1 Å². The molecule has 2 atom stereocenters. The van der Waals surface area contributed by atoms with E-state index in [1.807, 2.05) is 0 Å². The van der Waals surface area contributed by atoms with Crippen LogP contribution in [0, 0.1) is 15.9 Å². The average molecular weight is 283 g/mol. The molecule has 1 aliphatic rings. The van der Waals surface area contributed by atoms with Crippen molar-refractivity contribution in [2.24, 2.45) is 0 Å². The highest BCUT2D eigenvalue weighted by molar-refractivity contribution is 5.98. The minimum absolute atomic E-state index is 0.216. The number of nitro groups is 1. The Morgan fingerprint density at radius 1 is 1.55 bits per heavy atom. The number of ether oxygens (including phenoxy) is 1. The molecule has 1 aromatic carbocycles. The number of rotatable bonds is 4. The highest BCUT2D eigenvalue weighted by Gasteiger charge is 2.30. The van der Waals surface area contributed by atoms with E-state index in [0.717, 1.165) is 18.2 Å². The van der Waals surface area contributed by atoms with Crippen LogP contribution in [0.5, 0.6) is 0 Å². The minimum atomic E-state index is -0.713. The third-order valence-corrected chi connectivity index (χ3v) is 3.18. The first-order valence-corrected chi connectivity index (χ1v) is 6.01. The number of nitro benzene ring substituents is 1. The lowest BCUT2D eigenvalue weighted by atomic mass is 10.1. The maximum absolute atomic E-state index is 13.2. The Morgan fingerprint density at radius 3 is 2.95 bits per heavy atom. The van der Waals surface area contributed by atoms with E-state index in [9.17, 15) is 19.3 Å². The number of carbonyl (C=O) groups excluding carboxylic acids is 1. The van der Waals surface area contributed by atoms with Crippen molar-refractivity contribution in [2.45, 2.75) is 12.1 Å². The molecule has 2 rings (SSSR count). The van der Waals surface area contributed by atoms with Crippen molar-refractivity contribution >= 4 is 11.6 Å². The van der Waals surface area contributed by atoms with Crippen LogP contribution in [0.2, 0.25) is 0 Å². The second-order valence-electron chi connectivity index (χ2n) is 4.43. The monoisotopic (exact) mass is 283 g/mol. The van der Waals surface area contributed by atoms with Crippen molar-refractivity contribution in [2.75, 3.05) is 20.2 Å². The van der Waals surface area contributed by atoms with Gasteiger partial charge in [-0.25, -0.2) is 4.39 Å². The van der Waals surface area contributed by atoms with Gasteiger partial charge in [0.2, 0.25) is 0 Å². The zero-order chi connectivity index (χ0) is 14.7. The summed E-state index contributed by atoms with van der Waals surface area (Å²) in [6.07, 6.45) is -0.216. The highest BCUT2D eigenvalue weighted by Crippen LogP contribution is 2.20. The molecule has 0 spiro atoms. The first-order valence-electron chi connectivity index (χ1n) is 6.01. The van der Waals surface area contributed by atoms with Crippen molar-refractivity contribution < 1.29 is 18.8 Å². The summed E-state index contributed by atoms with van der Waals surface area (Å²) in [7, 11) is 1.52. The molecule has 20 heavy (non-hydrogen) atoms. The normalized spacial score (nSPS) is 21.7. The fourth-order valence-corrected chi connectivity index (χ4v) is 2.14. The van der Waals surface area contributed by atoms with Crippen molar-refractivity contribution in [3.63, 3.8) is 0 Å². The minimum Gasteiger partial charge on any atom is -0.378 e. The number of nitrogens with one attached hydrogen (secondary N) is 2. The third kappa shape index (κ3) is 2.91. The lowest BCUT2D eigenvalue weighted by molar-refractivity contribution is -0.385. The molecule has 0 radical (unpaired) electrons. The van der Waals surface area contributed by atoms with Crippen LogP contribution in [0.3, 0.4) is 0 Å². The number of methoxy groups -OCH3 is 1. The molecule has 2 N–H and O–H groups in total. The smallest absolute Gasteiger partial charge is 0.282 e. The van der Waals surface area contributed by atoms with E-state index in [1.54, 1.807) is 0 Å². The first kappa shape index (κ1) is 14.4. The maximum atomic E-state index is 13.2. The summed E-state index contributed by atoms with van der Waals surface area (Å²) in [6.45, 7) is 1.07. The van der Waals surface area contributed by atoms with Gasteiger partial charge in [0, 0.05) is 26.3 Å². The van der Waals surface area contributed by atoms with E-state index in [2.05, 4.69) is 10.6 Å². The molecule has 1 aliphatic heterocycles. The highest BCUT2D eigenvalue weighted by atomic mass is 19.1. The van der Waals surface area contributed by atoms with Crippen molar-refractivity contribution in [1.82, 2.24) is 10.6 Å². The van der Waals surface area contributed by atoms with E-state index in [4.69, 9.17) is 4.74 Å². The second kappa shape index (κ2) is 5.93. The molecule has 1 amide bonds. The zero-order valence-electron chi connectivity index (χ0n) is 10.8. The Labute approximate surface area is 114 Å². The molecule has 0 saturated carbocycles. The van der Waals surface area contributed by atoms with Gasteiger partial charge in [0.1, 0.15) is 11.4 Å². The molecule has 1 fully saturated rings. The quantitative estimate of drug-likeness (QED) is 0.618. The summed E-state index contributed by atoms with van der Waals surface area (Å²) in [5.41, 5.74) is -0.722. The van der Waals surface area contributed by atoms with E-state index < -0.39 is 22.3 Å².